The molecular weight excluding hydrogens is 712 g/mol. The van der Waals surface area contributed by atoms with Gasteiger partial charge in [0.25, 0.3) is 5.79 Å². The smallest absolute Gasteiger partial charge is 0.364 e. The third kappa shape index (κ3) is 10.3. The van der Waals surface area contributed by atoms with Gasteiger partial charge in [-0.1, -0.05) is 0 Å². The average Bonchev–Trinajstić information content (AvgIpc) is 3.05. The zero-order chi connectivity index (χ0) is 39.2. The maximum absolute atomic E-state index is 12.7. The van der Waals surface area contributed by atoms with Crippen LogP contribution in [0.15, 0.2) is 0 Å². The summed E-state index contributed by atoms with van der Waals surface area (Å²) in [6.45, 7) is 1.36. The summed E-state index contributed by atoms with van der Waals surface area (Å²) in [7, 11) is 0. The van der Waals surface area contributed by atoms with Crippen LogP contribution in [0.3, 0.4) is 0 Å². The largest absolute Gasteiger partial charge is 0.477 e. The molecule has 23 nitrogen and oxygen atoms in total. The Morgan fingerprint density at radius 2 is 1.44 bits per heavy atom. The molecule has 0 bridgehead atoms. The average molecular weight is 759 g/mol. The van der Waals surface area contributed by atoms with Crippen molar-refractivity contribution in [1.82, 2.24) is 10.6 Å². The quantitative estimate of drug-likeness (QED) is 0.0733. The highest BCUT2D eigenvalue weighted by Gasteiger charge is 2.58. The minimum absolute atomic E-state index is 0.691. The molecular formula is C29H46N2O21. The standard InChI is InChI=1S/C29H46N2O21/c1-9(33)30-17-13(37)5-29(28(44)45,52-25(17)23(48-12(4)36)14(38)7-46-11(3)35)47-8-16-19(39)21(41)22(42)27(50-16)51-24-15(6-32)49-26(43)18(20(24)40)31-10(2)34/h13-27,32,37-43H,5-8H2,1-4H3,(H,30,33)(H,31,34)(H,44,45)/t13-,14+,15+,16+,17+,18+,19-,20+,21-,22+,23+,24+,25+,26?,27-,29+/m0/s1. The van der Waals surface area contributed by atoms with E-state index in [2.05, 4.69) is 10.6 Å². The summed E-state index contributed by atoms with van der Waals surface area (Å²) in [6.07, 6.45) is -25.2. The van der Waals surface area contributed by atoms with E-state index in [1.807, 2.05) is 0 Å². The fourth-order valence-corrected chi connectivity index (χ4v) is 5.97. The molecule has 11 N–H and O–H groups in total. The first-order valence-electron chi connectivity index (χ1n) is 16.0. The Bertz CT molecular complexity index is 1270. The van der Waals surface area contributed by atoms with Gasteiger partial charge in [0.1, 0.15) is 67.6 Å². The highest BCUT2D eigenvalue weighted by molar-refractivity contribution is 5.77. The molecule has 16 atom stereocenters. The van der Waals surface area contributed by atoms with Crippen molar-refractivity contribution < 1.29 is 103 Å². The number of carboxylic acid groups (broad SMARTS) is 1. The van der Waals surface area contributed by atoms with Crippen molar-refractivity contribution in [3.63, 3.8) is 0 Å². The number of nitrogens with one attached hydrogen (secondary N) is 2. The number of carboxylic acids is 1. The second-order valence-corrected chi connectivity index (χ2v) is 12.5. The van der Waals surface area contributed by atoms with E-state index in [9.17, 15) is 69.9 Å². The minimum atomic E-state index is -2.92. The first-order chi connectivity index (χ1) is 24.2. The summed E-state index contributed by atoms with van der Waals surface area (Å²) in [4.78, 5) is 59.8. The molecule has 2 amide bonds. The maximum Gasteiger partial charge on any atom is 0.364 e. The SMILES string of the molecule is CC(=O)N[C@H]1[C@H]([C@H](OC(C)=O)[C@H](O)COC(C)=O)O[C@@](OC[C@H]2O[C@@H](O[C@H]3[C@H](O)[C@@H](NC(C)=O)C(O)O[C@@H]3CO)[C@H](O)[C@@H](O)[C@H]2O)(C(=O)O)C[C@@H]1O. The highest BCUT2D eigenvalue weighted by atomic mass is 16.8. The number of ether oxygens (including phenoxy) is 7. The lowest BCUT2D eigenvalue weighted by Gasteiger charge is -2.48. The van der Waals surface area contributed by atoms with Crippen LogP contribution in [0, 0.1) is 0 Å². The molecule has 3 aliphatic rings. The van der Waals surface area contributed by atoms with Crippen LogP contribution < -0.4 is 10.6 Å². The van der Waals surface area contributed by atoms with Gasteiger partial charge in [0.05, 0.1) is 25.4 Å². The number of hydrogen-bond donors (Lipinski definition) is 11. The van der Waals surface area contributed by atoms with Crippen molar-refractivity contribution in [2.45, 2.75) is 132 Å². The third-order valence-corrected chi connectivity index (χ3v) is 8.41. The van der Waals surface area contributed by atoms with Crippen molar-refractivity contribution in [2.75, 3.05) is 19.8 Å². The molecule has 3 rings (SSSR count). The predicted molar refractivity (Wildman–Crippen MR) is 161 cm³/mol. The second-order valence-electron chi connectivity index (χ2n) is 12.5. The van der Waals surface area contributed by atoms with Crippen molar-refractivity contribution in [2.24, 2.45) is 0 Å². The van der Waals surface area contributed by atoms with E-state index in [4.69, 9.17) is 33.2 Å². The molecule has 0 radical (unpaired) electrons. The van der Waals surface area contributed by atoms with Crippen molar-refractivity contribution >= 4 is 29.7 Å². The van der Waals surface area contributed by atoms with E-state index in [1.54, 1.807) is 0 Å². The van der Waals surface area contributed by atoms with Crippen LogP contribution in [0.1, 0.15) is 34.1 Å². The number of aliphatic carboxylic acids is 1. The Morgan fingerprint density at radius 3 is 1.98 bits per heavy atom. The van der Waals surface area contributed by atoms with E-state index in [0.29, 0.717) is 0 Å². The molecule has 3 saturated heterocycles. The van der Waals surface area contributed by atoms with Gasteiger partial charge in [-0.2, -0.15) is 0 Å². The van der Waals surface area contributed by atoms with Gasteiger partial charge in [0.15, 0.2) is 18.7 Å². The second kappa shape index (κ2) is 18.2. The fraction of sp³-hybridized carbons (Fsp3) is 0.828. The number of aliphatic hydroxyl groups excluding tert-OH is 8. The molecule has 52 heavy (non-hydrogen) atoms. The zero-order valence-electron chi connectivity index (χ0n) is 28.4. The fourth-order valence-electron chi connectivity index (χ4n) is 5.97. The summed E-state index contributed by atoms with van der Waals surface area (Å²) < 4.78 is 37.6. The molecule has 0 aromatic rings. The van der Waals surface area contributed by atoms with E-state index in [-0.39, 0.29) is 0 Å². The lowest BCUT2D eigenvalue weighted by atomic mass is 9.88. The Hall–Kier alpha value is -3.17. The lowest BCUT2D eigenvalue weighted by Crippen LogP contribution is -2.69. The van der Waals surface area contributed by atoms with Crippen LogP contribution in [0.5, 0.6) is 0 Å². The van der Waals surface area contributed by atoms with Crippen molar-refractivity contribution in [1.29, 1.82) is 0 Å². The topological polar surface area (TPSA) is 356 Å². The Balaban J connectivity index is 1.90. The summed E-state index contributed by atoms with van der Waals surface area (Å²) in [6, 6.07) is -3.05. The summed E-state index contributed by atoms with van der Waals surface area (Å²) in [5.41, 5.74) is 0. The van der Waals surface area contributed by atoms with Crippen LogP contribution in [0.2, 0.25) is 0 Å². The number of carbonyl (C=O) groups excluding carboxylic acids is 4. The first kappa shape index (κ1) is 43.2. The molecule has 3 aliphatic heterocycles. The van der Waals surface area contributed by atoms with Crippen LogP contribution in [0.4, 0.5) is 0 Å². The molecule has 0 aromatic carbocycles. The lowest BCUT2D eigenvalue weighted by molar-refractivity contribution is -0.358. The Morgan fingerprint density at radius 1 is 0.827 bits per heavy atom. The molecule has 0 aromatic heterocycles. The summed E-state index contributed by atoms with van der Waals surface area (Å²) in [5.74, 6) is -8.17. The van der Waals surface area contributed by atoms with Crippen LogP contribution in [-0.4, -0.2) is 193 Å². The van der Waals surface area contributed by atoms with Gasteiger partial charge in [0, 0.05) is 34.1 Å². The normalized spacial score (nSPS) is 39.0. The number of aliphatic hydroxyl groups is 8. The van der Waals surface area contributed by atoms with E-state index in [1.165, 1.54) is 0 Å². The number of carbonyl (C=O) groups is 5. The van der Waals surface area contributed by atoms with Crippen LogP contribution in [0.25, 0.3) is 0 Å². The van der Waals surface area contributed by atoms with Crippen molar-refractivity contribution in [3.8, 4) is 0 Å². The molecule has 0 spiro atoms. The first-order valence-corrected chi connectivity index (χ1v) is 16.0. The van der Waals surface area contributed by atoms with E-state index in [0.717, 1.165) is 27.7 Å². The third-order valence-electron chi connectivity index (χ3n) is 8.41. The van der Waals surface area contributed by atoms with Gasteiger partial charge in [-0.15, -0.1) is 0 Å². The van der Waals surface area contributed by atoms with Gasteiger partial charge in [0.2, 0.25) is 11.8 Å². The molecule has 23 heteroatoms. The summed E-state index contributed by atoms with van der Waals surface area (Å²) >= 11 is 0. The molecule has 298 valence electrons. The number of esters is 2. The zero-order valence-corrected chi connectivity index (χ0v) is 28.4. The molecule has 3 fully saturated rings. The van der Waals surface area contributed by atoms with Gasteiger partial charge >= 0.3 is 17.9 Å². The van der Waals surface area contributed by atoms with Gasteiger partial charge in [-0.25, -0.2) is 4.79 Å². The molecule has 3 heterocycles. The van der Waals surface area contributed by atoms with Crippen LogP contribution in [-0.2, 0) is 57.1 Å². The Labute approximate surface area is 295 Å². The predicted octanol–water partition coefficient (Wildman–Crippen LogP) is -6.94. The van der Waals surface area contributed by atoms with E-state index >= 15 is 0 Å². The van der Waals surface area contributed by atoms with Gasteiger partial charge in [-0.3, -0.25) is 19.2 Å². The van der Waals surface area contributed by atoms with Gasteiger partial charge in [-0.05, 0) is 0 Å². The number of rotatable bonds is 14. The van der Waals surface area contributed by atoms with Gasteiger partial charge < -0.3 is 89.8 Å². The molecule has 1 unspecified atom stereocenters. The van der Waals surface area contributed by atoms with Crippen LogP contribution >= 0.6 is 0 Å². The Kier molecular flexibility index (Phi) is 15.2. The van der Waals surface area contributed by atoms with E-state index < -0.39 is 154 Å². The molecule has 0 aliphatic carbocycles. The minimum Gasteiger partial charge on any atom is -0.477 e. The highest BCUT2D eigenvalue weighted by Crippen LogP contribution is 2.36. The number of hydrogen-bond acceptors (Lipinski definition) is 20. The monoisotopic (exact) mass is 758 g/mol. The maximum atomic E-state index is 12.7. The summed E-state index contributed by atoms with van der Waals surface area (Å²) in [5, 5.41) is 99.7. The number of amides is 2. The van der Waals surface area contributed by atoms with Crippen molar-refractivity contribution in [3.05, 3.63) is 0 Å². The molecule has 0 saturated carbocycles.